The van der Waals surface area contributed by atoms with Crippen molar-refractivity contribution in [1.82, 2.24) is 19.9 Å². The van der Waals surface area contributed by atoms with E-state index in [9.17, 15) is 4.79 Å². The number of aromatic nitrogens is 3. The number of nitrogens with one attached hydrogen (secondary N) is 1. The van der Waals surface area contributed by atoms with E-state index in [1.165, 1.54) is 7.11 Å². The number of fused-ring (bicyclic) bond motifs is 1. The van der Waals surface area contributed by atoms with Gasteiger partial charge in [-0.15, -0.1) is 0 Å². The second-order valence-corrected chi connectivity index (χ2v) is 7.16. The van der Waals surface area contributed by atoms with Crippen LogP contribution in [0.5, 0.6) is 5.88 Å². The highest BCUT2D eigenvalue weighted by molar-refractivity contribution is 6.31. The molecule has 3 N–H and O–H groups in total. The van der Waals surface area contributed by atoms with Crippen LogP contribution in [0.25, 0.3) is 11.4 Å². The summed E-state index contributed by atoms with van der Waals surface area (Å²) in [6, 6.07) is 9.15. The highest BCUT2D eigenvalue weighted by Crippen LogP contribution is 2.24. The Morgan fingerprint density at radius 1 is 1.32 bits per heavy atom. The van der Waals surface area contributed by atoms with Crippen molar-refractivity contribution in [1.29, 1.82) is 0 Å². The smallest absolute Gasteiger partial charge is 0.255 e. The molecular formula is C20H20ClN5O2. The molecule has 0 unspecified atom stereocenters. The van der Waals surface area contributed by atoms with E-state index in [-0.39, 0.29) is 5.56 Å². The number of methoxy groups -OCH3 is 1. The zero-order valence-electron chi connectivity index (χ0n) is 15.4. The number of nitrogen functional groups attached to an aromatic ring is 1. The van der Waals surface area contributed by atoms with Gasteiger partial charge in [-0.3, -0.25) is 9.69 Å². The minimum absolute atomic E-state index is 0.104. The maximum atomic E-state index is 12.7. The number of ether oxygens (including phenoxy) is 1. The third-order valence-electron chi connectivity index (χ3n) is 4.80. The van der Waals surface area contributed by atoms with Crippen LogP contribution in [0.4, 0.5) is 5.69 Å². The first-order valence-electron chi connectivity index (χ1n) is 8.92. The first-order chi connectivity index (χ1) is 13.5. The lowest BCUT2D eigenvalue weighted by atomic mass is 10.1. The maximum Gasteiger partial charge on any atom is 0.255 e. The number of nitrogens with two attached hydrogens (primary N) is 1. The number of anilines is 1. The van der Waals surface area contributed by atoms with E-state index >= 15 is 0 Å². The quantitative estimate of drug-likeness (QED) is 0.657. The molecule has 3 aromatic rings. The standard InChI is InChI=1S/C20H20ClN5O2/c1-28-20-16(21)8-12(9-23-20)10-26-7-6-17-15(11-26)19(27)25-18(24-17)13-2-4-14(22)5-3-13/h2-5,8-9H,6-7,10-11,22H2,1H3,(H,24,25,27). The van der Waals surface area contributed by atoms with Crippen LogP contribution in [0.3, 0.4) is 0 Å². The summed E-state index contributed by atoms with van der Waals surface area (Å²) in [5.74, 6) is 0.980. The molecule has 1 aromatic carbocycles. The lowest BCUT2D eigenvalue weighted by Gasteiger charge is -2.27. The summed E-state index contributed by atoms with van der Waals surface area (Å²) in [6.07, 6.45) is 2.45. The predicted octanol–water partition coefficient (Wildman–Crippen LogP) is 2.63. The Kier molecular flexibility index (Phi) is 5.02. The molecule has 144 valence electrons. The number of rotatable bonds is 4. The van der Waals surface area contributed by atoms with E-state index in [1.807, 2.05) is 18.2 Å². The molecule has 4 rings (SSSR count). The number of aromatic amines is 1. The molecule has 2 aromatic heterocycles. The van der Waals surface area contributed by atoms with Crippen LogP contribution in [0.2, 0.25) is 5.02 Å². The fourth-order valence-corrected chi connectivity index (χ4v) is 3.62. The Hall–Kier alpha value is -2.90. The van der Waals surface area contributed by atoms with Crippen molar-refractivity contribution in [2.24, 2.45) is 0 Å². The Morgan fingerprint density at radius 3 is 2.82 bits per heavy atom. The molecule has 0 atom stereocenters. The van der Waals surface area contributed by atoms with Gasteiger partial charge in [-0.2, -0.15) is 0 Å². The molecule has 28 heavy (non-hydrogen) atoms. The van der Waals surface area contributed by atoms with Crippen molar-refractivity contribution in [3.05, 3.63) is 68.7 Å². The third-order valence-corrected chi connectivity index (χ3v) is 5.07. The number of pyridine rings is 1. The van der Waals surface area contributed by atoms with Gasteiger partial charge in [0, 0.05) is 43.5 Å². The lowest BCUT2D eigenvalue weighted by molar-refractivity contribution is 0.241. The maximum absolute atomic E-state index is 12.7. The van der Waals surface area contributed by atoms with Crippen molar-refractivity contribution in [3.8, 4) is 17.3 Å². The summed E-state index contributed by atoms with van der Waals surface area (Å²) in [4.78, 5) is 26.6. The van der Waals surface area contributed by atoms with E-state index in [2.05, 4.69) is 19.9 Å². The minimum Gasteiger partial charge on any atom is -0.480 e. The Morgan fingerprint density at radius 2 is 2.11 bits per heavy atom. The van der Waals surface area contributed by atoms with Gasteiger partial charge < -0.3 is 15.5 Å². The molecule has 3 heterocycles. The van der Waals surface area contributed by atoms with Crippen molar-refractivity contribution in [3.63, 3.8) is 0 Å². The summed E-state index contributed by atoms with van der Waals surface area (Å²) in [5.41, 5.74) is 9.67. The first-order valence-corrected chi connectivity index (χ1v) is 9.30. The van der Waals surface area contributed by atoms with Gasteiger partial charge in [0.15, 0.2) is 0 Å². The van der Waals surface area contributed by atoms with Gasteiger partial charge in [-0.25, -0.2) is 9.97 Å². The number of benzene rings is 1. The van der Waals surface area contributed by atoms with E-state index < -0.39 is 0 Å². The second kappa shape index (κ2) is 7.61. The third kappa shape index (κ3) is 3.72. The summed E-state index contributed by atoms with van der Waals surface area (Å²) >= 11 is 6.16. The van der Waals surface area contributed by atoms with Crippen LogP contribution in [0.15, 0.2) is 41.3 Å². The largest absolute Gasteiger partial charge is 0.480 e. The summed E-state index contributed by atoms with van der Waals surface area (Å²) in [7, 11) is 1.54. The van der Waals surface area contributed by atoms with Crippen molar-refractivity contribution in [2.45, 2.75) is 19.5 Å². The van der Waals surface area contributed by atoms with Gasteiger partial charge >= 0.3 is 0 Å². The molecule has 0 radical (unpaired) electrons. The molecule has 0 aliphatic carbocycles. The Balaban J connectivity index is 1.55. The monoisotopic (exact) mass is 397 g/mol. The predicted molar refractivity (Wildman–Crippen MR) is 108 cm³/mol. The van der Waals surface area contributed by atoms with Gasteiger partial charge in [0.05, 0.1) is 18.4 Å². The SMILES string of the molecule is COc1ncc(CN2CCc3nc(-c4ccc(N)cc4)[nH]c(=O)c3C2)cc1Cl. The highest BCUT2D eigenvalue weighted by atomic mass is 35.5. The van der Waals surface area contributed by atoms with Crippen LogP contribution < -0.4 is 16.0 Å². The molecule has 0 amide bonds. The van der Waals surface area contributed by atoms with Crippen LogP contribution in [0.1, 0.15) is 16.8 Å². The first kappa shape index (κ1) is 18.5. The van der Waals surface area contributed by atoms with Gasteiger partial charge in [-0.1, -0.05) is 11.6 Å². The normalized spacial score (nSPS) is 13.9. The lowest BCUT2D eigenvalue weighted by Crippen LogP contribution is -2.35. The van der Waals surface area contributed by atoms with Crippen LogP contribution in [-0.2, 0) is 19.5 Å². The number of H-pyrrole nitrogens is 1. The molecule has 1 aliphatic heterocycles. The fraction of sp³-hybridized carbons (Fsp3) is 0.250. The number of halogens is 1. The van der Waals surface area contributed by atoms with Crippen LogP contribution >= 0.6 is 11.6 Å². The summed E-state index contributed by atoms with van der Waals surface area (Å²) in [6.45, 7) is 1.98. The fourth-order valence-electron chi connectivity index (χ4n) is 3.35. The van der Waals surface area contributed by atoms with Crippen molar-refractivity contribution >= 4 is 17.3 Å². The minimum atomic E-state index is -0.104. The number of hydrogen-bond acceptors (Lipinski definition) is 6. The highest BCUT2D eigenvalue weighted by Gasteiger charge is 2.22. The second-order valence-electron chi connectivity index (χ2n) is 6.76. The summed E-state index contributed by atoms with van der Waals surface area (Å²) in [5, 5.41) is 0.477. The molecule has 0 spiro atoms. The molecule has 0 bridgehead atoms. The average Bonchev–Trinajstić information content (AvgIpc) is 2.69. The molecule has 1 aliphatic rings. The molecule has 0 fully saturated rings. The average molecular weight is 398 g/mol. The van der Waals surface area contributed by atoms with E-state index in [0.717, 1.165) is 23.4 Å². The zero-order valence-corrected chi connectivity index (χ0v) is 16.2. The topological polar surface area (TPSA) is 97.1 Å². The van der Waals surface area contributed by atoms with E-state index in [4.69, 9.17) is 22.1 Å². The molecule has 7 nitrogen and oxygen atoms in total. The Labute approximate surface area is 167 Å². The molecular weight excluding hydrogens is 378 g/mol. The van der Waals surface area contributed by atoms with Crippen molar-refractivity contribution in [2.75, 3.05) is 19.4 Å². The molecule has 8 heteroatoms. The summed E-state index contributed by atoms with van der Waals surface area (Å²) < 4.78 is 5.09. The van der Waals surface area contributed by atoms with Crippen LogP contribution in [-0.4, -0.2) is 33.5 Å². The van der Waals surface area contributed by atoms with Gasteiger partial charge in [0.2, 0.25) is 5.88 Å². The van der Waals surface area contributed by atoms with Crippen molar-refractivity contribution < 1.29 is 4.74 Å². The number of hydrogen-bond donors (Lipinski definition) is 2. The van der Waals surface area contributed by atoms with Gasteiger partial charge in [-0.05, 0) is 35.9 Å². The molecule has 0 saturated heterocycles. The number of nitrogens with zero attached hydrogens (tertiary/aromatic N) is 3. The Bertz CT molecular complexity index is 1070. The molecule has 0 saturated carbocycles. The zero-order chi connectivity index (χ0) is 19.7. The van der Waals surface area contributed by atoms with Crippen LogP contribution in [0, 0.1) is 0 Å². The van der Waals surface area contributed by atoms with Gasteiger partial charge in [0.1, 0.15) is 10.8 Å². The van der Waals surface area contributed by atoms with E-state index in [1.54, 1.807) is 18.3 Å². The van der Waals surface area contributed by atoms with Gasteiger partial charge in [0.25, 0.3) is 5.56 Å². The van der Waals surface area contributed by atoms with E-state index in [0.29, 0.717) is 47.5 Å².